The molecule has 1 unspecified atom stereocenters. The Kier molecular flexibility index (Phi) is 6.01. The minimum absolute atomic E-state index is 0.00979. The van der Waals surface area contributed by atoms with Crippen LogP contribution in [0.25, 0.3) is 0 Å². The summed E-state index contributed by atoms with van der Waals surface area (Å²) in [5.74, 6) is -0.973. The van der Waals surface area contributed by atoms with Crippen molar-refractivity contribution in [3.05, 3.63) is 59.4 Å². The van der Waals surface area contributed by atoms with Crippen molar-refractivity contribution in [2.45, 2.75) is 17.1 Å². The Morgan fingerprint density at radius 3 is 2.52 bits per heavy atom. The van der Waals surface area contributed by atoms with Crippen LogP contribution in [0.4, 0.5) is 14.9 Å². The third-order valence-electron chi connectivity index (χ3n) is 2.84. The molecule has 0 bridgehead atoms. The lowest BCUT2D eigenvalue weighted by molar-refractivity contribution is -0.119. The van der Waals surface area contributed by atoms with E-state index in [0.29, 0.717) is 10.6 Å². The number of amides is 3. The van der Waals surface area contributed by atoms with E-state index in [1.165, 1.54) is 30.0 Å². The van der Waals surface area contributed by atoms with Gasteiger partial charge in [-0.25, -0.2) is 9.18 Å². The monoisotopic (exact) mass is 352 g/mol. The summed E-state index contributed by atoms with van der Waals surface area (Å²) in [5, 5.41) is 4.26. The molecule has 0 aliphatic carbocycles. The first kappa shape index (κ1) is 17.3. The maximum atomic E-state index is 13.1. The number of para-hydroxylation sites is 1. The van der Waals surface area contributed by atoms with Crippen LogP contribution in [0.1, 0.15) is 6.92 Å². The molecule has 0 saturated carbocycles. The van der Waals surface area contributed by atoms with Crippen molar-refractivity contribution in [3.8, 4) is 0 Å². The Bertz CT molecular complexity index is 712. The lowest BCUT2D eigenvalue weighted by atomic mass is 10.3. The first-order valence-electron chi connectivity index (χ1n) is 6.74. The highest BCUT2D eigenvalue weighted by molar-refractivity contribution is 8.00. The van der Waals surface area contributed by atoms with E-state index in [0.717, 1.165) is 0 Å². The second kappa shape index (κ2) is 7.99. The predicted molar refractivity (Wildman–Crippen MR) is 90.3 cm³/mol. The summed E-state index contributed by atoms with van der Waals surface area (Å²) in [6.45, 7) is 1.65. The largest absolute Gasteiger partial charge is 0.325 e. The Labute approximate surface area is 142 Å². The van der Waals surface area contributed by atoms with Crippen LogP contribution in [0.15, 0.2) is 53.4 Å². The molecular formula is C16H14ClFN2O2S. The zero-order valence-electron chi connectivity index (χ0n) is 12.2. The Balaban J connectivity index is 1.89. The van der Waals surface area contributed by atoms with Gasteiger partial charge in [-0.05, 0) is 37.3 Å². The van der Waals surface area contributed by atoms with Crippen molar-refractivity contribution >= 4 is 41.0 Å². The molecule has 2 N–H and O–H groups in total. The van der Waals surface area contributed by atoms with Crippen molar-refractivity contribution in [1.82, 2.24) is 5.32 Å². The smallest absolute Gasteiger partial charge is 0.308 e. The van der Waals surface area contributed by atoms with Crippen LogP contribution in [-0.2, 0) is 4.79 Å². The summed E-state index contributed by atoms with van der Waals surface area (Å²) in [7, 11) is 0. The number of carbonyl (C=O) groups excluding carboxylic acids is 2. The van der Waals surface area contributed by atoms with Gasteiger partial charge in [-0.2, -0.15) is 0 Å². The number of hydrogen-bond donors (Lipinski definition) is 2. The van der Waals surface area contributed by atoms with Crippen LogP contribution in [0.5, 0.6) is 0 Å². The summed E-state index contributed by atoms with van der Waals surface area (Å²) in [4.78, 5) is 24.4. The molecule has 0 aliphatic rings. The average molecular weight is 353 g/mol. The molecule has 0 aromatic heterocycles. The molecule has 0 aliphatic heterocycles. The van der Waals surface area contributed by atoms with Crippen molar-refractivity contribution in [3.63, 3.8) is 0 Å². The zero-order valence-corrected chi connectivity index (χ0v) is 13.7. The molecule has 120 valence electrons. The van der Waals surface area contributed by atoms with Gasteiger partial charge < -0.3 is 5.32 Å². The molecule has 3 amide bonds. The first-order valence-corrected chi connectivity index (χ1v) is 8.00. The molecule has 4 nitrogen and oxygen atoms in total. The molecule has 0 spiro atoms. The fraction of sp³-hybridized carbons (Fsp3) is 0.125. The Hall–Kier alpha value is -2.05. The maximum absolute atomic E-state index is 13.1. The average Bonchev–Trinajstić information content (AvgIpc) is 2.51. The standard InChI is InChI=1S/C16H14ClFN2O2S/c1-10(23-12-7-8-14(18)13(17)9-12)15(21)20-16(22)19-11-5-3-2-4-6-11/h2-10H,1H3,(H2,19,20,21,22). The molecule has 0 radical (unpaired) electrons. The van der Waals surface area contributed by atoms with E-state index < -0.39 is 23.0 Å². The second-order valence-electron chi connectivity index (χ2n) is 4.65. The second-order valence-corrected chi connectivity index (χ2v) is 6.47. The Morgan fingerprint density at radius 1 is 1.17 bits per heavy atom. The van der Waals surface area contributed by atoms with Crippen LogP contribution >= 0.6 is 23.4 Å². The number of carbonyl (C=O) groups is 2. The maximum Gasteiger partial charge on any atom is 0.325 e. The summed E-state index contributed by atoms with van der Waals surface area (Å²) < 4.78 is 13.1. The first-order chi connectivity index (χ1) is 11.0. The fourth-order valence-corrected chi connectivity index (χ4v) is 2.86. The SMILES string of the molecule is CC(Sc1ccc(F)c(Cl)c1)C(=O)NC(=O)Nc1ccccc1. The predicted octanol–water partition coefficient (Wildman–Crippen LogP) is 4.31. The molecule has 1 atom stereocenters. The summed E-state index contributed by atoms with van der Waals surface area (Å²) >= 11 is 6.88. The quantitative estimate of drug-likeness (QED) is 0.806. The van der Waals surface area contributed by atoms with Gasteiger partial charge in [0.1, 0.15) is 5.82 Å². The number of thioether (sulfide) groups is 1. The Morgan fingerprint density at radius 2 is 1.87 bits per heavy atom. The highest BCUT2D eigenvalue weighted by atomic mass is 35.5. The third kappa shape index (κ3) is 5.26. The van der Waals surface area contributed by atoms with Gasteiger partial charge in [-0.3, -0.25) is 10.1 Å². The molecular weight excluding hydrogens is 339 g/mol. The molecule has 0 heterocycles. The lowest BCUT2D eigenvalue weighted by Gasteiger charge is -2.12. The molecule has 0 fully saturated rings. The van der Waals surface area contributed by atoms with Crippen LogP contribution in [-0.4, -0.2) is 17.2 Å². The lowest BCUT2D eigenvalue weighted by Crippen LogP contribution is -2.38. The van der Waals surface area contributed by atoms with E-state index in [1.807, 2.05) is 6.07 Å². The number of halogens is 2. The van der Waals surface area contributed by atoms with Gasteiger partial charge in [0.2, 0.25) is 5.91 Å². The van der Waals surface area contributed by atoms with E-state index >= 15 is 0 Å². The van der Waals surface area contributed by atoms with Gasteiger partial charge in [0.25, 0.3) is 0 Å². The van der Waals surface area contributed by atoms with Gasteiger partial charge in [-0.15, -0.1) is 11.8 Å². The molecule has 0 saturated heterocycles. The normalized spacial score (nSPS) is 11.6. The number of benzene rings is 2. The number of anilines is 1. The number of rotatable bonds is 4. The molecule has 2 aromatic carbocycles. The highest BCUT2D eigenvalue weighted by Crippen LogP contribution is 2.27. The third-order valence-corrected chi connectivity index (χ3v) is 4.22. The van der Waals surface area contributed by atoms with Gasteiger partial charge in [0, 0.05) is 10.6 Å². The van der Waals surface area contributed by atoms with Crippen LogP contribution in [0.3, 0.4) is 0 Å². The van der Waals surface area contributed by atoms with Gasteiger partial charge in [-0.1, -0.05) is 29.8 Å². The summed E-state index contributed by atoms with van der Waals surface area (Å²) in [6.07, 6.45) is 0. The summed E-state index contributed by atoms with van der Waals surface area (Å²) in [5.41, 5.74) is 0.587. The van der Waals surface area contributed by atoms with Crippen molar-refractivity contribution < 1.29 is 14.0 Å². The summed E-state index contributed by atoms with van der Waals surface area (Å²) in [6, 6.07) is 12.4. The van der Waals surface area contributed by atoms with E-state index in [4.69, 9.17) is 11.6 Å². The van der Waals surface area contributed by atoms with Crippen molar-refractivity contribution in [2.75, 3.05) is 5.32 Å². The van der Waals surface area contributed by atoms with Crippen molar-refractivity contribution in [2.24, 2.45) is 0 Å². The molecule has 23 heavy (non-hydrogen) atoms. The minimum Gasteiger partial charge on any atom is -0.308 e. The van der Waals surface area contributed by atoms with E-state index in [2.05, 4.69) is 10.6 Å². The number of hydrogen-bond acceptors (Lipinski definition) is 3. The van der Waals surface area contributed by atoms with Crippen molar-refractivity contribution in [1.29, 1.82) is 0 Å². The van der Waals surface area contributed by atoms with Gasteiger partial charge >= 0.3 is 6.03 Å². The van der Waals surface area contributed by atoms with Crippen LogP contribution < -0.4 is 10.6 Å². The number of nitrogens with one attached hydrogen (secondary N) is 2. The zero-order chi connectivity index (χ0) is 16.8. The number of urea groups is 1. The van der Waals surface area contributed by atoms with Gasteiger partial charge in [0.15, 0.2) is 0 Å². The molecule has 2 rings (SSSR count). The molecule has 2 aromatic rings. The van der Waals surface area contributed by atoms with E-state index in [1.54, 1.807) is 31.2 Å². The van der Waals surface area contributed by atoms with E-state index in [9.17, 15) is 14.0 Å². The van der Waals surface area contributed by atoms with Crippen LogP contribution in [0.2, 0.25) is 5.02 Å². The molecule has 7 heteroatoms. The highest BCUT2D eigenvalue weighted by Gasteiger charge is 2.17. The van der Waals surface area contributed by atoms with E-state index in [-0.39, 0.29) is 5.02 Å². The number of imide groups is 1. The van der Waals surface area contributed by atoms with Crippen LogP contribution in [0, 0.1) is 5.82 Å². The fourth-order valence-electron chi connectivity index (χ4n) is 1.71. The van der Waals surface area contributed by atoms with Gasteiger partial charge in [0.05, 0.1) is 10.3 Å². The topological polar surface area (TPSA) is 58.2 Å². The minimum atomic E-state index is -0.606.